The Morgan fingerprint density at radius 3 is 2.79 bits per heavy atom. The number of para-hydroxylation sites is 1. The fourth-order valence-corrected chi connectivity index (χ4v) is 1.89. The van der Waals surface area contributed by atoms with Crippen molar-refractivity contribution in [3.63, 3.8) is 0 Å². The van der Waals surface area contributed by atoms with Crippen molar-refractivity contribution >= 4 is 10.9 Å². The van der Waals surface area contributed by atoms with E-state index in [0.717, 1.165) is 16.8 Å². The highest BCUT2D eigenvalue weighted by molar-refractivity contribution is 5.85. The first-order chi connectivity index (χ1) is 6.74. The van der Waals surface area contributed by atoms with E-state index < -0.39 is 0 Å². The Morgan fingerprint density at radius 1 is 1.36 bits per heavy atom. The van der Waals surface area contributed by atoms with E-state index >= 15 is 0 Å². The van der Waals surface area contributed by atoms with E-state index in [1.54, 1.807) is 0 Å². The molecule has 5 N–H and O–H groups in total. The van der Waals surface area contributed by atoms with Gasteiger partial charge in [-0.1, -0.05) is 18.2 Å². The SMILES string of the molecule is Cc1[nH]c2ccccc2c1[C@@H](N)CN. The molecule has 1 heterocycles. The third-order valence-electron chi connectivity index (χ3n) is 2.57. The van der Waals surface area contributed by atoms with Gasteiger partial charge in [0.2, 0.25) is 0 Å². The van der Waals surface area contributed by atoms with Gasteiger partial charge in [-0.2, -0.15) is 0 Å². The largest absolute Gasteiger partial charge is 0.358 e. The predicted octanol–water partition coefficient (Wildman–Crippen LogP) is 1.43. The fraction of sp³-hybridized carbons (Fsp3) is 0.273. The summed E-state index contributed by atoms with van der Waals surface area (Å²) in [7, 11) is 0. The molecule has 3 nitrogen and oxygen atoms in total. The van der Waals surface area contributed by atoms with Crippen LogP contribution in [0.25, 0.3) is 10.9 Å². The highest BCUT2D eigenvalue weighted by Gasteiger charge is 2.13. The molecule has 1 aromatic carbocycles. The Hall–Kier alpha value is -1.32. The van der Waals surface area contributed by atoms with Gasteiger partial charge < -0.3 is 16.5 Å². The summed E-state index contributed by atoms with van der Waals surface area (Å²) >= 11 is 0. The van der Waals surface area contributed by atoms with E-state index in [1.165, 1.54) is 5.39 Å². The van der Waals surface area contributed by atoms with E-state index in [9.17, 15) is 0 Å². The zero-order valence-electron chi connectivity index (χ0n) is 8.25. The molecule has 0 bridgehead atoms. The van der Waals surface area contributed by atoms with Crippen LogP contribution in [-0.4, -0.2) is 11.5 Å². The second-order valence-corrected chi connectivity index (χ2v) is 3.55. The van der Waals surface area contributed by atoms with Crippen LogP contribution in [0.15, 0.2) is 24.3 Å². The average Bonchev–Trinajstić information content (AvgIpc) is 2.53. The van der Waals surface area contributed by atoms with Gasteiger partial charge in [0.05, 0.1) is 0 Å². The van der Waals surface area contributed by atoms with Crippen LogP contribution < -0.4 is 11.5 Å². The average molecular weight is 189 g/mol. The van der Waals surface area contributed by atoms with Crippen molar-refractivity contribution in [1.29, 1.82) is 0 Å². The molecule has 0 aliphatic heterocycles. The molecule has 0 fully saturated rings. The third-order valence-corrected chi connectivity index (χ3v) is 2.57. The number of benzene rings is 1. The molecule has 0 aliphatic rings. The minimum atomic E-state index is -0.0776. The maximum atomic E-state index is 5.96. The summed E-state index contributed by atoms with van der Waals surface area (Å²) in [5, 5.41) is 1.18. The minimum Gasteiger partial charge on any atom is -0.358 e. The second-order valence-electron chi connectivity index (χ2n) is 3.55. The van der Waals surface area contributed by atoms with Crippen molar-refractivity contribution in [2.24, 2.45) is 11.5 Å². The number of aromatic amines is 1. The molecule has 0 radical (unpaired) electrons. The minimum absolute atomic E-state index is 0.0776. The lowest BCUT2D eigenvalue weighted by Crippen LogP contribution is -2.21. The van der Waals surface area contributed by atoms with Crippen LogP contribution in [0.1, 0.15) is 17.3 Å². The summed E-state index contributed by atoms with van der Waals surface area (Å²) < 4.78 is 0. The van der Waals surface area contributed by atoms with Crippen molar-refractivity contribution in [3.05, 3.63) is 35.5 Å². The van der Waals surface area contributed by atoms with Gasteiger partial charge in [-0.25, -0.2) is 0 Å². The highest BCUT2D eigenvalue weighted by atomic mass is 14.8. The monoisotopic (exact) mass is 189 g/mol. The first-order valence-corrected chi connectivity index (χ1v) is 4.77. The maximum Gasteiger partial charge on any atom is 0.0459 e. The van der Waals surface area contributed by atoms with Crippen LogP contribution in [0, 0.1) is 6.92 Å². The fourth-order valence-electron chi connectivity index (χ4n) is 1.89. The highest BCUT2D eigenvalue weighted by Crippen LogP contribution is 2.25. The molecule has 74 valence electrons. The Morgan fingerprint density at radius 2 is 2.07 bits per heavy atom. The van der Waals surface area contributed by atoms with E-state index in [2.05, 4.69) is 17.1 Å². The smallest absolute Gasteiger partial charge is 0.0459 e. The van der Waals surface area contributed by atoms with Gasteiger partial charge in [0.25, 0.3) is 0 Å². The molecule has 0 spiro atoms. The molecule has 0 saturated carbocycles. The van der Waals surface area contributed by atoms with Gasteiger partial charge in [-0.05, 0) is 18.6 Å². The van der Waals surface area contributed by atoms with Crippen molar-refractivity contribution in [3.8, 4) is 0 Å². The van der Waals surface area contributed by atoms with Gasteiger partial charge in [0, 0.05) is 29.2 Å². The van der Waals surface area contributed by atoms with E-state index in [1.807, 2.05) is 19.1 Å². The summed E-state index contributed by atoms with van der Waals surface area (Å²) in [5.41, 5.74) is 14.9. The van der Waals surface area contributed by atoms with Crippen LogP contribution in [0.3, 0.4) is 0 Å². The van der Waals surface area contributed by atoms with Gasteiger partial charge in [0.15, 0.2) is 0 Å². The number of hydrogen-bond donors (Lipinski definition) is 3. The summed E-state index contributed by atoms with van der Waals surface area (Å²) in [5.74, 6) is 0. The summed E-state index contributed by atoms with van der Waals surface area (Å²) in [6.45, 7) is 2.51. The molecule has 3 heteroatoms. The van der Waals surface area contributed by atoms with Crippen LogP contribution in [0.4, 0.5) is 0 Å². The Balaban J connectivity index is 2.67. The number of nitrogens with two attached hydrogens (primary N) is 2. The van der Waals surface area contributed by atoms with Crippen LogP contribution >= 0.6 is 0 Å². The van der Waals surface area contributed by atoms with Crippen molar-refractivity contribution < 1.29 is 0 Å². The summed E-state index contributed by atoms with van der Waals surface area (Å²) in [6.07, 6.45) is 0. The molecule has 1 atom stereocenters. The van der Waals surface area contributed by atoms with Crippen molar-refractivity contribution in [2.45, 2.75) is 13.0 Å². The number of fused-ring (bicyclic) bond motifs is 1. The first-order valence-electron chi connectivity index (χ1n) is 4.77. The second kappa shape index (κ2) is 3.44. The lowest BCUT2D eigenvalue weighted by molar-refractivity contribution is 0.737. The molecule has 2 rings (SSSR count). The van der Waals surface area contributed by atoms with Crippen LogP contribution in [0.5, 0.6) is 0 Å². The van der Waals surface area contributed by atoms with E-state index in [4.69, 9.17) is 11.5 Å². The van der Waals surface area contributed by atoms with Crippen molar-refractivity contribution in [1.82, 2.24) is 4.98 Å². The topological polar surface area (TPSA) is 67.8 Å². The van der Waals surface area contributed by atoms with Crippen LogP contribution in [0.2, 0.25) is 0 Å². The summed E-state index contributed by atoms with van der Waals surface area (Å²) in [4.78, 5) is 3.31. The standard InChI is InChI=1S/C11H15N3/c1-7-11(9(13)6-12)8-4-2-3-5-10(8)14-7/h2-5,9,14H,6,12-13H2,1H3/t9-/m0/s1. The van der Waals surface area contributed by atoms with E-state index in [0.29, 0.717) is 6.54 Å². The Bertz CT molecular complexity index is 445. The molecular formula is C11H15N3. The van der Waals surface area contributed by atoms with Gasteiger partial charge >= 0.3 is 0 Å². The van der Waals surface area contributed by atoms with Gasteiger partial charge in [-0.15, -0.1) is 0 Å². The van der Waals surface area contributed by atoms with Gasteiger partial charge in [-0.3, -0.25) is 0 Å². The molecule has 0 aliphatic carbocycles. The Kier molecular flexibility index (Phi) is 2.27. The number of rotatable bonds is 2. The van der Waals surface area contributed by atoms with Crippen LogP contribution in [-0.2, 0) is 0 Å². The molecule has 14 heavy (non-hydrogen) atoms. The zero-order chi connectivity index (χ0) is 10.1. The lowest BCUT2D eigenvalue weighted by Gasteiger charge is -2.08. The van der Waals surface area contributed by atoms with Gasteiger partial charge in [0.1, 0.15) is 0 Å². The molecule has 0 saturated heterocycles. The predicted molar refractivity (Wildman–Crippen MR) is 59.0 cm³/mol. The number of aromatic nitrogens is 1. The molecule has 0 amide bonds. The first kappa shape index (κ1) is 9.24. The third kappa shape index (κ3) is 1.31. The molecular weight excluding hydrogens is 174 g/mol. The Labute approximate surface area is 83.1 Å². The van der Waals surface area contributed by atoms with Crippen molar-refractivity contribution in [2.75, 3.05) is 6.54 Å². The quantitative estimate of drug-likeness (QED) is 0.669. The maximum absolute atomic E-state index is 5.96. The lowest BCUT2D eigenvalue weighted by atomic mass is 10.0. The normalized spacial score (nSPS) is 13.4. The number of aryl methyl sites for hydroxylation is 1. The number of nitrogens with one attached hydrogen (secondary N) is 1. The molecule has 0 unspecified atom stereocenters. The molecule has 2 aromatic rings. The zero-order valence-corrected chi connectivity index (χ0v) is 8.25. The molecule has 1 aromatic heterocycles. The number of H-pyrrole nitrogens is 1. The van der Waals surface area contributed by atoms with E-state index in [-0.39, 0.29) is 6.04 Å². The number of hydrogen-bond acceptors (Lipinski definition) is 2. The summed E-state index contributed by atoms with van der Waals surface area (Å²) in [6, 6.07) is 8.07.